The van der Waals surface area contributed by atoms with Crippen LogP contribution in [0, 0.1) is 13.8 Å². The number of fused-ring (bicyclic) bond motifs is 1. The Morgan fingerprint density at radius 1 is 1.00 bits per heavy atom. The highest BCUT2D eigenvalue weighted by molar-refractivity contribution is 5.95. The standard InChI is InChI=1S/C28H32N6O2/c1-20-17-25(21(2)36-20)28(35)29-18-27-31-30-26-13-14-33(15-16-34(26)27)19-22-9-11-24(12-10-22)32(3)23-7-5-4-6-8-23/h4-12,17H,13-16,18-19H2,1-3H3,(H,29,35). The van der Waals surface area contributed by atoms with Crippen LogP contribution in [0.3, 0.4) is 0 Å². The molecule has 5 rings (SSSR count). The van der Waals surface area contributed by atoms with Gasteiger partial charge in [0.05, 0.1) is 12.1 Å². The number of furan rings is 1. The van der Waals surface area contributed by atoms with Crippen molar-refractivity contribution >= 4 is 17.3 Å². The van der Waals surface area contributed by atoms with E-state index < -0.39 is 0 Å². The van der Waals surface area contributed by atoms with Gasteiger partial charge in [0, 0.05) is 51.0 Å². The van der Waals surface area contributed by atoms with E-state index in [1.165, 1.54) is 16.9 Å². The van der Waals surface area contributed by atoms with E-state index in [1.807, 2.05) is 13.0 Å². The molecule has 0 spiro atoms. The Balaban J connectivity index is 1.17. The zero-order valence-electron chi connectivity index (χ0n) is 21.1. The summed E-state index contributed by atoms with van der Waals surface area (Å²) in [6, 6.07) is 20.9. The monoisotopic (exact) mass is 484 g/mol. The van der Waals surface area contributed by atoms with Gasteiger partial charge in [-0.25, -0.2) is 0 Å². The summed E-state index contributed by atoms with van der Waals surface area (Å²) in [5.41, 5.74) is 4.19. The molecule has 0 saturated carbocycles. The van der Waals surface area contributed by atoms with Crippen molar-refractivity contribution in [3.63, 3.8) is 0 Å². The van der Waals surface area contributed by atoms with Crippen LogP contribution in [0.25, 0.3) is 0 Å². The minimum Gasteiger partial charge on any atom is -0.466 e. The molecule has 36 heavy (non-hydrogen) atoms. The maximum atomic E-state index is 12.6. The van der Waals surface area contributed by atoms with Crippen LogP contribution in [-0.4, -0.2) is 45.7 Å². The van der Waals surface area contributed by atoms with E-state index in [9.17, 15) is 4.79 Å². The Morgan fingerprint density at radius 3 is 2.47 bits per heavy atom. The summed E-state index contributed by atoms with van der Waals surface area (Å²) in [4.78, 5) is 17.2. The van der Waals surface area contributed by atoms with Gasteiger partial charge in [-0.1, -0.05) is 30.3 Å². The third kappa shape index (κ3) is 5.18. The first-order valence-corrected chi connectivity index (χ1v) is 12.3. The van der Waals surface area contributed by atoms with E-state index in [-0.39, 0.29) is 5.91 Å². The largest absolute Gasteiger partial charge is 0.466 e. The fourth-order valence-corrected chi connectivity index (χ4v) is 4.71. The number of nitrogens with one attached hydrogen (secondary N) is 1. The van der Waals surface area contributed by atoms with E-state index in [0.717, 1.165) is 50.0 Å². The molecule has 0 radical (unpaired) electrons. The predicted molar refractivity (Wildman–Crippen MR) is 139 cm³/mol. The third-order valence-corrected chi connectivity index (χ3v) is 6.76. The van der Waals surface area contributed by atoms with Crippen molar-refractivity contribution in [1.29, 1.82) is 0 Å². The highest BCUT2D eigenvalue weighted by Crippen LogP contribution is 2.24. The smallest absolute Gasteiger partial charge is 0.255 e. The predicted octanol–water partition coefficient (Wildman–Crippen LogP) is 4.24. The minimum atomic E-state index is -0.154. The fraction of sp³-hybridized carbons (Fsp3) is 0.321. The number of amides is 1. The van der Waals surface area contributed by atoms with E-state index in [1.54, 1.807) is 13.0 Å². The van der Waals surface area contributed by atoms with E-state index in [0.29, 0.717) is 17.9 Å². The second kappa shape index (κ2) is 10.4. The van der Waals surface area contributed by atoms with Gasteiger partial charge in [0.25, 0.3) is 5.91 Å². The maximum Gasteiger partial charge on any atom is 0.255 e. The summed E-state index contributed by atoms with van der Waals surface area (Å²) in [5.74, 6) is 2.95. The number of carbonyl (C=O) groups excluding carboxylic acids is 1. The van der Waals surface area contributed by atoms with Crippen molar-refractivity contribution in [2.24, 2.45) is 0 Å². The lowest BCUT2D eigenvalue weighted by Crippen LogP contribution is -2.28. The molecule has 0 saturated heterocycles. The van der Waals surface area contributed by atoms with Gasteiger partial charge in [0.15, 0.2) is 5.82 Å². The Morgan fingerprint density at radius 2 is 1.75 bits per heavy atom. The van der Waals surface area contributed by atoms with Crippen LogP contribution in [-0.2, 0) is 26.1 Å². The topological polar surface area (TPSA) is 79.4 Å². The SMILES string of the molecule is Cc1cc(C(=O)NCc2nnc3n2CCN(Cc2ccc(N(C)c4ccccc4)cc2)CC3)c(C)o1. The molecule has 8 heteroatoms. The normalized spacial score (nSPS) is 13.8. The molecule has 0 aliphatic carbocycles. The van der Waals surface area contributed by atoms with Crippen molar-refractivity contribution in [3.05, 3.63) is 95.0 Å². The summed E-state index contributed by atoms with van der Waals surface area (Å²) < 4.78 is 7.62. The maximum absolute atomic E-state index is 12.6. The number of hydrogen-bond acceptors (Lipinski definition) is 6. The number of para-hydroxylation sites is 1. The molecular weight excluding hydrogens is 452 g/mol. The molecular formula is C28H32N6O2. The molecule has 4 aromatic rings. The van der Waals surface area contributed by atoms with E-state index >= 15 is 0 Å². The Kier molecular flexibility index (Phi) is 6.86. The Labute approximate surface area is 211 Å². The Bertz CT molecular complexity index is 1330. The minimum absolute atomic E-state index is 0.154. The number of nitrogens with zero attached hydrogens (tertiary/aromatic N) is 5. The van der Waals surface area contributed by atoms with Crippen LogP contribution in [0.5, 0.6) is 0 Å². The van der Waals surface area contributed by atoms with Crippen LogP contribution in [0.2, 0.25) is 0 Å². The third-order valence-electron chi connectivity index (χ3n) is 6.76. The van der Waals surface area contributed by atoms with E-state index in [4.69, 9.17) is 4.42 Å². The van der Waals surface area contributed by atoms with Crippen LogP contribution in [0.4, 0.5) is 11.4 Å². The van der Waals surface area contributed by atoms with Crippen molar-refractivity contribution in [2.75, 3.05) is 25.0 Å². The average molecular weight is 485 g/mol. The second-order valence-electron chi connectivity index (χ2n) is 9.28. The van der Waals surface area contributed by atoms with Gasteiger partial charge < -0.3 is 19.2 Å². The summed E-state index contributed by atoms with van der Waals surface area (Å²) in [6.07, 6.45) is 0.829. The summed E-state index contributed by atoms with van der Waals surface area (Å²) in [6.45, 7) is 7.48. The van der Waals surface area contributed by atoms with Crippen LogP contribution >= 0.6 is 0 Å². The molecule has 1 N–H and O–H groups in total. The van der Waals surface area contributed by atoms with Crippen molar-refractivity contribution < 1.29 is 9.21 Å². The lowest BCUT2D eigenvalue weighted by molar-refractivity contribution is 0.0948. The van der Waals surface area contributed by atoms with Gasteiger partial charge in [-0.3, -0.25) is 9.69 Å². The first kappa shape index (κ1) is 23.8. The number of aryl methyl sites for hydroxylation is 2. The van der Waals surface area contributed by atoms with Gasteiger partial charge in [0.1, 0.15) is 17.3 Å². The molecule has 0 bridgehead atoms. The number of rotatable bonds is 7. The van der Waals surface area contributed by atoms with Gasteiger partial charge in [-0.05, 0) is 49.7 Å². The van der Waals surface area contributed by atoms with Crippen LogP contribution in [0.1, 0.15) is 39.1 Å². The first-order valence-electron chi connectivity index (χ1n) is 12.3. The highest BCUT2D eigenvalue weighted by atomic mass is 16.3. The Hall–Kier alpha value is -3.91. The molecule has 186 valence electrons. The molecule has 1 aliphatic heterocycles. The number of aromatic nitrogens is 3. The number of hydrogen-bond donors (Lipinski definition) is 1. The first-order chi connectivity index (χ1) is 17.5. The van der Waals surface area contributed by atoms with Crippen LogP contribution in [0.15, 0.2) is 65.1 Å². The molecule has 0 fully saturated rings. The lowest BCUT2D eigenvalue weighted by atomic mass is 10.1. The van der Waals surface area contributed by atoms with Crippen LogP contribution < -0.4 is 10.2 Å². The van der Waals surface area contributed by atoms with Crippen molar-refractivity contribution in [1.82, 2.24) is 25.0 Å². The molecule has 3 heterocycles. The van der Waals surface area contributed by atoms with Gasteiger partial charge in [0.2, 0.25) is 0 Å². The van der Waals surface area contributed by atoms with Gasteiger partial charge in [-0.2, -0.15) is 0 Å². The average Bonchev–Trinajstić information content (AvgIpc) is 3.38. The van der Waals surface area contributed by atoms with E-state index in [2.05, 4.69) is 85.5 Å². The second-order valence-corrected chi connectivity index (χ2v) is 9.28. The molecule has 8 nitrogen and oxygen atoms in total. The van der Waals surface area contributed by atoms with Crippen molar-refractivity contribution in [2.45, 2.75) is 39.9 Å². The van der Waals surface area contributed by atoms with Gasteiger partial charge >= 0.3 is 0 Å². The lowest BCUT2D eigenvalue weighted by Gasteiger charge is -2.22. The quantitative estimate of drug-likeness (QED) is 0.423. The highest BCUT2D eigenvalue weighted by Gasteiger charge is 2.20. The molecule has 1 amide bonds. The fourth-order valence-electron chi connectivity index (χ4n) is 4.71. The molecule has 2 aromatic carbocycles. The molecule has 2 aromatic heterocycles. The summed E-state index contributed by atoms with van der Waals surface area (Å²) >= 11 is 0. The summed E-state index contributed by atoms with van der Waals surface area (Å²) in [7, 11) is 2.09. The molecule has 0 unspecified atom stereocenters. The van der Waals surface area contributed by atoms with Gasteiger partial charge in [-0.15, -0.1) is 10.2 Å². The molecule has 1 aliphatic rings. The summed E-state index contributed by atoms with van der Waals surface area (Å²) in [5, 5.41) is 11.7. The zero-order chi connectivity index (χ0) is 25.1. The number of carbonyl (C=O) groups is 1. The van der Waals surface area contributed by atoms with Crippen molar-refractivity contribution in [3.8, 4) is 0 Å². The number of anilines is 2. The number of benzene rings is 2. The molecule has 0 atom stereocenters. The zero-order valence-corrected chi connectivity index (χ0v) is 21.1.